The number of benzene rings is 14. The van der Waals surface area contributed by atoms with E-state index in [1.807, 2.05) is 146 Å². The van der Waals surface area contributed by atoms with Crippen molar-refractivity contribution in [3.05, 3.63) is 394 Å². The number of aromatic nitrogens is 8. The largest absolute Gasteiger partial charge is 0.361 e. The van der Waals surface area contributed by atoms with Crippen LogP contribution in [0.5, 0.6) is 0 Å². The summed E-state index contributed by atoms with van der Waals surface area (Å²) in [6.45, 7) is 0. The topological polar surface area (TPSA) is 98.1 Å². The van der Waals surface area contributed by atoms with E-state index in [1.165, 1.54) is 85.6 Å². The Bertz CT molecular complexity index is 5970. The fourth-order valence-electron chi connectivity index (χ4n) is 15.8. The fourth-order valence-corrected chi connectivity index (χ4v) is 26.8. The molecule has 2 aliphatic heterocycles. The van der Waals surface area contributed by atoms with E-state index in [0.29, 0.717) is 40.0 Å². The molecule has 20 rings (SSSR count). The first-order valence-electron chi connectivity index (χ1n) is 35.3. The van der Waals surface area contributed by atoms with Crippen LogP contribution in [0.4, 0.5) is 0 Å². The zero-order valence-corrected chi connectivity index (χ0v) is 59.7. The predicted molar refractivity (Wildman–Crippen MR) is 438 cm³/mol. The minimum Gasteiger partial charge on any atom is -0.361 e. The summed E-state index contributed by atoms with van der Waals surface area (Å²) in [4.78, 5) is 32.4. The van der Waals surface area contributed by atoms with Gasteiger partial charge in [-0.25, -0.2) is 29.9 Å². The number of aromatic amines is 1. The molecule has 0 aliphatic carbocycles. The van der Waals surface area contributed by atoms with Gasteiger partial charge in [-0.3, -0.25) is 0 Å². The second-order valence-electron chi connectivity index (χ2n) is 26.2. The van der Waals surface area contributed by atoms with Gasteiger partial charge in [-0.15, -0.1) is 0 Å². The molecule has 4 aromatic heterocycles. The van der Waals surface area contributed by atoms with Crippen molar-refractivity contribution in [3.8, 4) is 96.3 Å². The minimum absolute atomic E-state index is 0.607. The van der Waals surface area contributed by atoms with Crippen molar-refractivity contribution in [2.75, 3.05) is 0 Å². The van der Waals surface area contributed by atoms with Crippen LogP contribution >= 0.6 is 11.6 Å². The average molecular weight is 1400 g/mol. The van der Waals surface area contributed by atoms with Gasteiger partial charge >= 0.3 is 0 Å². The zero-order valence-electron chi connectivity index (χ0n) is 57.0. The molecule has 1 N–H and O–H groups in total. The van der Waals surface area contributed by atoms with Gasteiger partial charge in [0, 0.05) is 72.8 Å². The van der Waals surface area contributed by atoms with Gasteiger partial charge in [0.25, 0.3) is 0 Å². The van der Waals surface area contributed by atoms with Crippen LogP contribution < -0.4 is 41.5 Å². The molecule has 496 valence electrons. The highest BCUT2D eigenvalue weighted by Gasteiger charge is 2.51. The third-order valence-corrected chi connectivity index (χ3v) is 30.4. The molecule has 8 nitrogen and oxygen atoms in total. The van der Waals surface area contributed by atoms with Crippen LogP contribution in [0.1, 0.15) is 0 Å². The summed E-state index contributed by atoms with van der Waals surface area (Å²) in [6.07, 6.45) is 4.30. The van der Waals surface area contributed by atoms with Gasteiger partial charge in [0.15, 0.2) is 51.1 Å². The first-order chi connectivity index (χ1) is 52.0. The highest BCUT2D eigenvalue weighted by Crippen LogP contribution is 2.37. The van der Waals surface area contributed by atoms with E-state index in [9.17, 15) is 0 Å². The van der Waals surface area contributed by atoms with Gasteiger partial charge in [-0.05, 0) is 112 Å². The number of hydrogen-bond acceptors (Lipinski definition) is 6. The van der Waals surface area contributed by atoms with E-state index in [2.05, 4.69) is 267 Å². The van der Waals surface area contributed by atoms with Gasteiger partial charge in [0.1, 0.15) is 0 Å². The zero-order chi connectivity index (χ0) is 70.1. The Hall–Kier alpha value is -13.1. The first kappa shape index (κ1) is 64.0. The summed E-state index contributed by atoms with van der Waals surface area (Å²) < 4.78 is 2.31. The molecule has 6 heterocycles. The normalized spacial score (nSPS) is 12.6. The number of nitrogens with one attached hydrogen (secondary N) is 1. The minimum atomic E-state index is -2.66. The van der Waals surface area contributed by atoms with E-state index in [0.717, 1.165) is 39.1 Å². The molecule has 0 saturated heterocycles. The van der Waals surface area contributed by atoms with Crippen molar-refractivity contribution >= 4 is 91.0 Å². The lowest BCUT2D eigenvalue weighted by molar-refractivity contribution is 1.07. The maximum Gasteiger partial charge on any atom is 0.181 e. The Kier molecular flexibility index (Phi) is 16.9. The van der Waals surface area contributed by atoms with E-state index in [4.69, 9.17) is 26.6 Å². The highest BCUT2D eigenvalue weighted by molar-refractivity contribution is 7.23. The first-order valence-corrected chi connectivity index (χ1v) is 39.6. The maximum atomic E-state index is 6.14. The number of H-pyrrole nitrogens is 1. The lowest BCUT2D eigenvalue weighted by Gasteiger charge is -2.31. The second kappa shape index (κ2) is 27.7. The average Bonchev–Trinajstić information content (AvgIpc) is 1.54. The molecule has 18 aromatic rings. The molecule has 2 aliphatic rings. The maximum absolute atomic E-state index is 6.14. The van der Waals surface area contributed by atoms with Crippen molar-refractivity contribution in [1.82, 2.24) is 39.5 Å². The second-order valence-corrected chi connectivity index (χ2v) is 34.0. The lowest BCUT2D eigenvalue weighted by Crippen LogP contribution is -2.72. The summed E-state index contributed by atoms with van der Waals surface area (Å²) in [5.41, 5.74) is 14.5. The number of fused-ring (bicyclic) bond motifs is 10. The van der Waals surface area contributed by atoms with Crippen LogP contribution in [0, 0.1) is 0 Å². The molecule has 0 amide bonds. The quantitative estimate of drug-likeness (QED) is 0.130. The van der Waals surface area contributed by atoms with E-state index in [-0.39, 0.29) is 0 Å². The van der Waals surface area contributed by atoms with Gasteiger partial charge in [-0.1, -0.05) is 339 Å². The Balaban J connectivity index is 0.000000124. The van der Waals surface area contributed by atoms with Crippen LogP contribution in [0.15, 0.2) is 389 Å². The van der Waals surface area contributed by atoms with Crippen molar-refractivity contribution in [2.45, 2.75) is 0 Å². The van der Waals surface area contributed by atoms with Crippen molar-refractivity contribution in [2.24, 2.45) is 0 Å². The monoisotopic (exact) mass is 1400 g/mol. The van der Waals surface area contributed by atoms with E-state index in [1.54, 1.807) is 0 Å². The molecule has 0 spiro atoms. The van der Waals surface area contributed by atoms with Crippen LogP contribution in [0.25, 0.3) is 118 Å². The van der Waals surface area contributed by atoms with Crippen LogP contribution in [-0.4, -0.2) is 55.6 Å². The van der Waals surface area contributed by atoms with E-state index < -0.39 is 16.1 Å². The van der Waals surface area contributed by atoms with Gasteiger partial charge in [-0.2, -0.15) is 0 Å². The molecule has 0 atom stereocenters. The SMILES string of the molecule is Clc1cccc(-c2nc(-c3ccccc3)nc(-c3ccccc3)n2)c1.c1ccc(-c2nc(-c3ccccc3)nc(-c3cccc(-n4ccc5c6c(ccc54)-c4ccccc4[Si]6(c4ccccc4)c4ccccc4)c3)n2)cc1.c1ccc([Si]2(c3ccccc3)c3ccccc3-c3ccc4[nH]ccc4c32)cc1. The summed E-state index contributed by atoms with van der Waals surface area (Å²) in [7, 11) is -5.03. The standard InChI is InChI=1S/C47H32N4Si.C26H19NSi.C21H14ClN3/c1-5-16-33(17-6-1)45-48-46(34-18-7-2-8-19-34)50-47(49-45)35-20-15-21-36(32-35)51-31-30-41-42(51)29-28-40-39-26-13-14-27-43(39)52(44(40)41,37-22-9-3-10-23-37)38-24-11-4-12-25-38;1-3-9-19(10-4-1)28(20-11-5-2-6-12-20)25-14-8-7-13-21(25)22-15-16-24-23(26(22)28)17-18-27-24;22-18-13-7-12-17(14-18)21-24-19(15-8-3-1-4-9-15)23-20(25-21)16-10-5-2-6-11-16/h1-32H;1-18,27H;1-14H. The Morgan fingerprint density at radius 3 is 1.03 bits per heavy atom. The Morgan fingerprint density at radius 2 is 0.610 bits per heavy atom. The summed E-state index contributed by atoms with van der Waals surface area (Å²) in [5.74, 6) is 3.84. The third kappa shape index (κ3) is 11.5. The van der Waals surface area contributed by atoms with Gasteiger partial charge < -0.3 is 9.55 Å². The summed E-state index contributed by atoms with van der Waals surface area (Å²) >= 11 is 6.14. The van der Waals surface area contributed by atoms with Crippen LogP contribution in [0.2, 0.25) is 5.02 Å². The molecule has 14 aromatic carbocycles. The molecule has 0 radical (unpaired) electrons. The lowest BCUT2D eigenvalue weighted by atomic mass is 10.0. The molecule has 105 heavy (non-hydrogen) atoms. The molecule has 0 saturated carbocycles. The number of hydrogen-bond donors (Lipinski definition) is 1. The predicted octanol–water partition coefficient (Wildman–Crippen LogP) is 17.2. The van der Waals surface area contributed by atoms with Crippen molar-refractivity contribution in [1.29, 1.82) is 0 Å². The highest BCUT2D eigenvalue weighted by atomic mass is 35.5. The smallest absolute Gasteiger partial charge is 0.181 e. The summed E-state index contributed by atoms with van der Waals surface area (Å²) in [5, 5.41) is 14.9. The number of rotatable bonds is 11. The van der Waals surface area contributed by atoms with Gasteiger partial charge in [0.05, 0.1) is 5.52 Å². The molecular weight excluding hydrogens is 1330 g/mol. The Labute approximate surface area is 616 Å². The molecule has 0 unspecified atom stereocenters. The molecule has 0 fully saturated rings. The van der Waals surface area contributed by atoms with Crippen molar-refractivity contribution in [3.63, 3.8) is 0 Å². The van der Waals surface area contributed by atoms with Crippen LogP contribution in [0.3, 0.4) is 0 Å². The molecule has 0 bridgehead atoms. The number of halogens is 1. The number of nitrogens with zero attached hydrogens (tertiary/aromatic N) is 7. The van der Waals surface area contributed by atoms with E-state index >= 15 is 0 Å². The molecule has 11 heteroatoms. The van der Waals surface area contributed by atoms with Crippen molar-refractivity contribution < 1.29 is 0 Å². The third-order valence-electron chi connectivity index (χ3n) is 20.3. The Morgan fingerprint density at radius 1 is 0.267 bits per heavy atom. The molecular formula is C94H65ClN8Si2. The van der Waals surface area contributed by atoms with Gasteiger partial charge in [0.2, 0.25) is 0 Å². The fraction of sp³-hybridized carbons (Fsp3) is 0. The summed E-state index contributed by atoms with van der Waals surface area (Å²) in [6, 6.07) is 133. The van der Waals surface area contributed by atoms with Crippen LogP contribution in [-0.2, 0) is 0 Å².